The van der Waals surface area contributed by atoms with Crippen molar-refractivity contribution in [3.63, 3.8) is 0 Å². The smallest absolute Gasteiger partial charge is 0.234 e. The van der Waals surface area contributed by atoms with Gasteiger partial charge in [0.25, 0.3) is 0 Å². The summed E-state index contributed by atoms with van der Waals surface area (Å²) in [5.41, 5.74) is 1.75. The van der Waals surface area contributed by atoms with Crippen LogP contribution in [-0.4, -0.2) is 31.5 Å². The van der Waals surface area contributed by atoms with Crippen LogP contribution in [0.3, 0.4) is 0 Å². The number of nitrogens with one attached hydrogen (secondary N) is 2. The van der Waals surface area contributed by atoms with Crippen molar-refractivity contribution >= 4 is 22.7 Å². The summed E-state index contributed by atoms with van der Waals surface area (Å²) in [6, 6.07) is 1.86. The summed E-state index contributed by atoms with van der Waals surface area (Å²) in [7, 11) is 0. The molecule has 1 aliphatic carbocycles. The number of hydrogen-bond donors (Lipinski definition) is 2. The summed E-state index contributed by atoms with van der Waals surface area (Å²) in [5.74, 6) is 2.47. The highest BCUT2D eigenvalue weighted by atomic mass is 16.5. The molecule has 1 fully saturated rings. The van der Waals surface area contributed by atoms with E-state index in [1.165, 1.54) is 32.1 Å². The Kier molecular flexibility index (Phi) is 4.22. The lowest BCUT2D eigenvalue weighted by atomic mass is 9.90. The first-order valence-electron chi connectivity index (χ1n) is 8.38. The van der Waals surface area contributed by atoms with Crippen molar-refractivity contribution in [1.29, 1.82) is 0 Å². The quantitative estimate of drug-likeness (QED) is 0.747. The summed E-state index contributed by atoms with van der Waals surface area (Å²) in [4.78, 5) is 20.2. The predicted octanol–water partition coefficient (Wildman–Crippen LogP) is 3.45. The summed E-state index contributed by atoms with van der Waals surface area (Å²) in [5, 5.41) is 3.15. The van der Waals surface area contributed by atoms with E-state index in [4.69, 9.17) is 4.74 Å². The van der Waals surface area contributed by atoms with Gasteiger partial charge in [0.05, 0.1) is 42.6 Å². The van der Waals surface area contributed by atoms with Gasteiger partial charge in [-0.15, -0.1) is 0 Å². The fourth-order valence-electron chi connectivity index (χ4n) is 3.07. The molecule has 7 heteroatoms. The molecular formula is C17H20N6O. The van der Waals surface area contributed by atoms with Crippen molar-refractivity contribution in [1.82, 2.24) is 24.9 Å². The molecule has 0 bridgehead atoms. The van der Waals surface area contributed by atoms with Crippen LogP contribution in [0, 0.1) is 5.92 Å². The number of nitrogens with zero attached hydrogens (tertiary/aromatic N) is 4. The third kappa shape index (κ3) is 3.45. The summed E-state index contributed by atoms with van der Waals surface area (Å²) in [6.45, 7) is 0.718. The van der Waals surface area contributed by atoms with Crippen molar-refractivity contribution < 1.29 is 4.74 Å². The molecule has 0 saturated heterocycles. The second-order valence-corrected chi connectivity index (χ2v) is 6.17. The van der Waals surface area contributed by atoms with Gasteiger partial charge >= 0.3 is 0 Å². The first-order valence-corrected chi connectivity index (χ1v) is 8.38. The zero-order valence-corrected chi connectivity index (χ0v) is 13.4. The maximum Gasteiger partial charge on any atom is 0.234 e. The second-order valence-electron chi connectivity index (χ2n) is 6.17. The normalized spacial score (nSPS) is 15.5. The standard InChI is InChI=1S/C17H20N6O/c1-2-4-12(5-3-1)10-24-17-9-18-8-16(23-17)22-15-6-13-14(7-19-15)21-11-20-13/h6-9,11-12H,1-5,10H2,(H,20,21)(H,19,22,23). The molecule has 3 aromatic rings. The van der Waals surface area contributed by atoms with E-state index in [1.807, 2.05) is 6.07 Å². The molecule has 2 N–H and O–H groups in total. The number of aromatic nitrogens is 5. The number of anilines is 2. The van der Waals surface area contributed by atoms with E-state index in [2.05, 4.69) is 30.2 Å². The number of fused-ring (bicyclic) bond motifs is 1. The van der Waals surface area contributed by atoms with Crippen LogP contribution in [0.5, 0.6) is 5.88 Å². The van der Waals surface area contributed by atoms with Crippen LogP contribution in [0.1, 0.15) is 32.1 Å². The fourth-order valence-corrected chi connectivity index (χ4v) is 3.07. The molecule has 0 amide bonds. The van der Waals surface area contributed by atoms with Gasteiger partial charge in [0.1, 0.15) is 5.82 Å². The van der Waals surface area contributed by atoms with Crippen molar-refractivity contribution in [2.24, 2.45) is 5.92 Å². The average molecular weight is 324 g/mol. The van der Waals surface area contributed by atoms with E-state index in [0.29, 0.717) is 23.4 Å². The highest BCUT2D eigenvalue weighted by Gasteiger charge is 2.14. The van der Waals surface area contributed by atoms with Gasteiger partial charge in [0.15, 0.2) is 5.82 Å². The van der Waals surface area contributed by atoms with Crippen molar-refractivity contribution in [3.05, 3.63) is 31.0 Å². The van der Waals surface area contributed by atoms with Crippen LogP contribution in [-0.2, 0) is 0 Å². The first kappa shape index (κ1) is 14.9. The van der Waals surface area contributed by atoms with Crippen LogP contribution in [0.4, 0.5) is 11.6 Å². The lowest BCUT2D eigenvalue weighted by Gasteiger charge is -2.21. The van der Waals surface area contributed by atoms with Crippen molar-refractivity contribution in [2.45, 2.75) is 32.1 Å². The van der Waals surface area contributed by atoms with Crippen LogP contribution < -0.4 is 10.1 Å². The average Bonchev–Trinajstić information content (AvgIpc) is 3.09. The molecule has 0 radical (unpaired) electrons. The third-order valence-electron chi connectivity index (χ3n) is 4.37. The van der Waals surface area contributed by atoms with E-state index in [1.54, 1.807) is 24.9 Å². The predicted molar refractivity (Wildman–Crippen MR) is 91.3 cm³/mol. The van der Waals surface area contributed by atoms with Gasteiger partial charge in [-0.3, -0.25) is 4.98 Å². The van der Waals surface area contributed by atoms with Crippen LogP contribution in [0.15, 0.2) is 31.0 Å². The number of pyridine rings is 1. The molecule has 124 valence electrons. The van der Waals surface area contributed by atoms with Gasteiger partial charge < -0.3 is 15.0 Å². The van der Waals surface area contributed by atoms with Crippen LogP contribution in [0.25, 0.3) is 11.0 Å². The van der Waals surface area contributed by atoms with Crippen molar-refractivity contribution in [2.75, 3.05) is 11.9 Å². The molecule has 0 unspecified atom stereocenters. The van der Waals surface area contributed by atoms with E-state index < -0.39 is 0 Å². The fraction of sp³-hybridized carbons (Fsp3) is 0.412. The summed E-state index contributed by atoms with van der Waals surface area (Å²) in [6.07, 6.45) is 13.2. The Morgan fingerprint density at radius 2 is 2.00 bits per heavy atom. The Hall–Kier alpha value is -2.70. The molecule has 0 aromatic carbocycles. The molecule has 24 heavy (non-hydrogen) atoms. The lowest BCUT2D eigenvalue weighted by molar-refractivity contribution is 0.202. The zero-order valence-electron chi connectivity index (χ0n) is 13.4. The molecule has 1 saturated carbocycles. The highest BCUT2D eigenvalue weighted by Crippen LogP contribution is 2.24. The van der Waals surface area contributed by atoms with E-state index in [-0.39, 0.29) is 0 Å². The third-order valence-corrected chi connectivity index (χ3v) is 4.37. The Morgan fingerprint density at radius 3 is 2.92 bits per heavy atom. The van der Waals surface area contributed by atoms with E-state index in [9.17, 15) is 0 Å². The Balaban J connectivity index is 1.41. The van der Waals surface area contributed by atoms with Gasteiger partial charge in [-0.25, -0.2) is 9.97 Å². The number of ether oxygens (including phenoxy) is 1. The van der Waals surface area contributed by atoms with Crippen molar-refractivity contribution in [3.8, 4) is 5.88 Å². The molecule has 0 spiro atoms. The van der Waals surface area contributed by atoms with E-state index >= 15 is 0 Å². The molecule has 0 atom stereocenters. The van der Waals surface area contributed by atoms with Gasteiger partial charge in [0, 0.05) is 6.07 Å². The molecule has 3 heterocycles. The molecule has 4 rings (SSSR count). The Bertz CT molecular complexity index is 811. The van der Waals surface area contributed by atoms with Gasteiger partial charge in [0.2, 0.25) is 5.88 Å². The Morgan fingerprint density at radius 1 is 1.08 bits per heavy atom. The largest absolute Gasteiger partial charge is 0.476 e. The SMILES string of the molecule is c1nc2cc(Nc3cncc(OCC4CCCCC4)n3)ncc2[nH]1. The van der Waals surface area contributed by atoms with Crippen LogP contribution in [0.2, 0.25) is 0 Å². The van der Waals surface area contributed by atoms with Crippen LogP contribution >= 0.6 is 0 Å². The maximum atomic E-state index is 5.83. The minimum Gasteiger partial charge on any atom is -0.476 e. The molecule has 1 aliphatic rings. The van der Waals surface area contributed by atoms with E-state index in [0.717, 1.165) is 17.6 Å². The number of imidazole rings is 1. The lowest BCUT2D eigenvalue weighted by Crippen LogP contribution is -2.15. The number of H-pyrrole nitrogens is 1. The molecule has 7 nitrogen and oxygen atoms in total. The van der Waals surface area contributed by atoms with Gasteiger partial charge in [-0.1, -0.05) is 19.3 Å². The monoisotopic (exact) mass is 324 g/mol. The summed E-state index contributed by atoms with van der Waals surface area (Å²) < 4.78 is 5.83. The van der Waals surface area contributed by atoms with Gasteiger partial charge in [-0.2, -0.15) is 4.98 Å². The minimum absolute atomic E-state index is 0.548. The number of aromatic amines is 1. The van der Waals surface area contributed by atoms with Gasteiger partial charge in [-0.05, 0) is 18.8 Å². The Labute approximate surface area is 139 Å². The second kappa shape index (κ2) is 6.82. The highest BCUT2D eigenvalue weighted by molar-refractivity contribution is 5.77. The molecule has 3 aromatic heterocycles. The molecule has 0 aliphatic heterocycles. The minimum atomic E-state index is 0.548. The summed E-state index contributed by atoms with van der Waals surface area (Å²) >= 11 is 0. The number of hydrogen-bond acceptors (Lipinski definition) is 6. The first-order chi connectivity index (χ1) is 11.9. The topological polar surface area (TPSA) is 88.6 Å². The maximum absolute atomic E-state index is 5.83. The number of rotatable bonds is 5. The molecular weight excluding hydrogens is 304 g/mol. The zero-order chi connectivity index (χ0) is 16.2.